The van der Waals surface area contributed by atoms with Gasteiger partial charge in [-0.05, 0) is 32.0 Å². The fourth-order valence-corrected chi connectivity index (χ4v) is 1.28. The number of rotatable bonds is 4. The van der Waals surface area contributed by atoms with Gasteiger partial charge in [-0.25, -0.2) is 4.98 Å². The van der Waals surface area contributed by atoms with Crippen LogP contribution in [0.4, 0.5) is 5.82 Å². The van der Waals surface area contributed by atoms with Crippen LogP contribution in [0.3, 0.4) is 0 Å². The summed E-state index contributed by atoms with van der Waals surface area (Å²) in [4.78, 5) is 4.47. The summed E-state index contributed by atoms with van der Waals surface area (Å²) < 4.78 is 0. The summed E-state index contributed by atoms with van der Waals surface area (Å²) in [6, 6.07) is 6.79. The molecule has 0 radical (unpaired) electrons. The Labute approximate surface area is 78.6 Å². The van der Waals surface area contributed by atoms with Crippen LogP contribution in [0.5, 0.6) is 0 Å². The fourth-order valence-electron chi connectivity index (χ4n) is 1.28. The highest BCUT2D eigenvalue weighted by Crippen LogP contribution is 2.23. The third-order valence-corrected chi connectivity index (χ3v) is 2.09. The number of nitrogens with zero attached hydrogens (tertiary/aromatic N) is 1. The van der Waals surface area contributed by atoms with Gasteiger partial charge >= 0.3 is 0 Å². The molecule has 1 aliphatic rings. The molecule has 3 heteroatoms. The van der Waals surface area contributed by atoms with E-state index in [2.05, 4.69) is 15.6 Å². The zero-order valence-corrected chi connectivity index (χ0v) is 7.88. The highest BCUT2D eigenvalue weighted by atomic mass is 15.0. The van der Waals surface area contributed by atoms with Crippen molar-refractivity contribution in [2.24, 2.45) is 0 Å². The van der Waals surface area contributed by atoms with Gasteiger partial charge in [0.2, 0.25) is 0 Å². The van der Waals surface area contributed by atoms with E-state index in [0.29, 0.717) is 6.04 Å². The molecule has 0 bridgehead atoms. The maximum absolute atomic E-state index is 4.47. The van der Waals surface area contributed by atoms with Crippen LogP contribution < -0.4 is 10.6 Å². The molecule has 1 aliphatic carbocycles. The molecule has 70 valence electrons. The first-order valence-corrected chi connectivity index (χ1v) is 4.75. The van der Waals surface area contributed by atoms with E-state index in [0.717, 1.165) is 18.1 Å². The highest BCUT2D eigenvalue weighted by Gasteiger charge is 2.20. The third-order valence-electron chi connectivity index (χ3n) is 2.09. The molecule has 1 saturated carbocycles. The average molecular weight is 177 g/mol. The number of pyridine rings is 1. The Hall–Kier alpha value is -1.09. The van der Waals surface area contributed by atoms with Gasteiger partial charge in [-0.15, -0.1) is 0 Å². The van der Waals surface area contributed by atoms with Crippen LogP contribution in [0.15, 0.2) is 18.2 Å². The molecular weight excluding hydrogens is 162 g/mol. The van der Waals surface area contributed by atoms with Crippen LogP contribution in [0, 0.1) is 0 Å². The van der Waals surface area contributed by atoms with E-state index in [-0.39, 0.29) is 0 Å². The summed E-state index contributed by atoms with van der Waals surface area (Å²) in [5.74, 6) is 1.01. The summed E-state index contributed by atoms with van der Waals surface area (Å²) in [6.07, 6.45) is 2.58. The largest absolute Gasteiger partial charge is 0.367 e. The van der Waals surface area contributed by atoms with Crippen LogP contribution in [0.1, 0.15) is 18.5 Å². The lowest BCUT2D eigenvalue weighted by molar-refractivity contribution is 0.791. The normalized spacial score (nSPS) is 15.8. The number of hydrogen-bond acceptors (Lipinski definition) is 3. The van der Waals surface area contributed by atoms with Crippen molar-refractivity contribution in [1.29, 1.82) is 0 Å². The Morgan fingerprint density at radius 2 is 2.31 bits per heavy atom. The zero-order valence-electron chi connectivity index (χ0n) is 7.88. The Morgan fingerprint density at radius 1 is 1.46 bits per heavy atom. The van der Waals surface area contributed by atoms with E-state index >= 15 is 0 Å². The smallest absolute Gasteiger partial charge is 0.126 e. The summed E-state index contributed by atoms with van der Waals surface area (Å²) >= 11 is 0. The van der Waals surface area contributed by atoms with Crippen LogP contribution in [-0.2, 0) is 6.54 Å². The number of anilines is 1. The van der Waals surface area contributed by atoms with Crippen molar-refractivity contribution in [3.63, 3.8) is 0 Å². The second kappa shape index (κ2) is 3.75. The second-order valence-electron chi connectivity index (χ2n) is 3.46. The molecule has 0 unspecified atom stereocenters. The summed E-state index contributed by atoms with van der Waals surface area (Å²) in [5.41, 5.74) is 1.09. The van der Waals surface area contributed by atoms with Gasteiger partial charge in [-0.1, -0.05) is 6.07 Å². The van der Waals surface area contributed by atoms with Crippen LogP contribution in [-0.4, -0.2) is 18.1 Å². The fraction of sp³-hybridized carbons (Fsp3) is 0.500. The lowest BCUT2D eigenvalue weighted by atomic mass is 10.3. The van der Waals surface area contributed by atoms with Crippen LogP contribution in [0.25, 0.3) is 0 Å². The van der Waals surface area contributed by atoms with Gasteiger partial charge < -0.3 is 10.6 Å². The van der Waals surface area contributed by atoms with Gasteiger partial charge in [-0.3, -0.25) is 0 Å². The van der Waals surface area contributed by atoms with E-state index in [4.69, 9.17) is 0 Å². The minimum Gasteiger partial charge on any atom is -0.367 e. The Balaban J connectivity index is 2.02. The van der Waals surface area contributed by atoms with Gasteiger partial charge in [-0.2, -0.15) is 0 Å². The van der Waals surface area contributed by atoms with E-state index in [1.54, 1.807) is 0 Å². The number of nitrogens with one attached hydrogen (secondary N) is 2. The predicted octanol–water partition coefficient (Wildman–Crippen LogP) is 1.38. The van der Waals surface area contributed by atoms with Gasteiger partial charge in [0.1, 0.15) is 5.82 Å². The number of aromatic nitrogens is 1. The monoisotopic (exact) mass is 177 g/mol. The highest BCUT2D eigenvalue weighted by molar-refractivity contribution is 5.37. The Kier molecular flexibility index (Phi) is 2.45. The van der Waals surface area contributed by atoms with Crippen molar-refractivity contribution in [2.75, 3.05) is 12.4 Å². The van der Waals surface area contributed by atoms with Crippen LogP contribution >= 0.6 is 0 Å². The molecule has 13 heavy (non-hydrogen) atoms. The standard InChI is InChI=1S/C10H15N3/c1-11-7-9-3-2-4-10(13-9)12-8-5-6-8/h2-4,8,11H,5-7H2,1H3,(H,12,13). The summed E-state index contributed by atoms with van der Waals surface area (Å²) in [7, 11) is 1.93. The number of hydrogen-bond donors (Lipinski definition) is 2. The molecule has 0 aromatic carbocycles. The molecule has 3 nitrogen and oxygen atoms in total. The van der Waals surface area contributed by atoms with Gasteiger partial charge in [0.25, 0.3) is 0 Å². The van der Waals surface area contributed by atoms with Crippen molar-refractivity contribution in [3.05, 3.63) is 23.9 Å². The van der Waals surface area contributed by atoms with Gasteiger partial charge in [0.05, 0.1) is 5.69 Å². The predicted molar refractivity (Wildman–Crippen MR) is 53.6 cm³/mol. The molecule has 0 atom stereocenters. The lowest BCUT2D eigenvalue weighted by Gasteiger charge is -2.05. The first-order valence-electron chi connectivity index (χ1n) is 4.75. The molecular formula is C10H15N3. The molecule has 2 rings (SSSR count). The second-order valence-corrected chi connectivity index (χ2v) is 3.46. The molecule has 0 aliphatic heterocycles. The van der Waals surface area contributed by atoms with Crippen molar-refractivity contribution in [2.45, 2.75) is 25.4 Å². The lowest BCUT2D eigenvalue weighted by Crippen LogP contribution is -2.09. The molecule has 0 spiro atoms. The van der Waals surface area contributed by atoms with E-state index in [9.17, 15) is 0 Å². The molecule has 1 aromatic rings. The Morgan fingerprint density at radius 3 is 3.00 bits per heavy atom. The topological polar surface area (TPSA) is 37.0 Å². The molecule has 1 aromatic heterocycles. The first kappa shape index (κ1) is 8.51. The van der Waals surface area contributed by atoms with E-state index in [1.165, 1.54) is 12.8 Å². The first-order chi connectivity index (χ1) is 6.38. The third kappa shape index (κ3) is 2.42. The van der Waals surface area contributed by atoms with Crippen molar-refractivity contribution in [3.8, 4) is 0 Å². The maximum atomic E-state index is 4.47. The van der Waals surface area contributed by atoms with Crippen molar-refractivity contribution in [1.82, 2.24) is 10.3 Å². The molecule has 1 heterocycles. The molecule has 1 fully saturated rings. The van der Waals surface area contributed by atoms with Crippen molar-refractivity contribution < 1.29 is 0 Å². The summed E-state index contributed by atoms with van der Waals surface area (Å²) in [6.45, 7) is 0.834. The zero-order chi connectivity index (χ0) is 9.10. The average Bonchev–Trinajstić information content (AvgIpc) is 2.90. The molecule has 0 saturated heterocycles. The quantitative estimate of drug-likeness (QED) is 0.729. The van der Waals surface area contributed by atoms with E-state index < -0.39 is 0 Å². The minimum absolute atomic E-state index is 0.678. The summed E-state index contributed by atoms with van der Waals surface area (Å²) in [5, 5.41) is 6.47. The van der Waals surface area contributed by atoms with E-state index in [1.807, 2.05) is 25.2 Å². The Bertz CT molecular complexity index is 281. The maximum Gasteiger partial charge on any atom is 0.126 e. The molecule has 0 amide bonds. The minimum atomic E-state index is 0.678. The van der Waals surface area contributed by atoms with Gasteiger partial charge in [0, 0.05) is 12.6 Å². The van der Waals surface area contributed by atoms with Crippen molar-refractivity contribution >= 4 is 5.82 Å². The molecule has 2 N–H and O–H groups in total. The van der Waals surface area contributed by atoms with Crippen LogP contribution in [0.2, 0.25) is 0 Å². The van der Waals surface area contributed by atoms with Gasteiger partial charge in [0.15, 0.2) is 0 Å². The SMILES string of the molecule is CNCc1cccc(NC2CC2)n1.